The minimum Gasteiger partial charge on any atom is -0.291 e. The van der Waals surface area contributed by atoms with E-state index in [2.05, 4.69) is 0 Å². The smallest absolute Gasteiger partial charge is 0.291 e. The quantitative estimate of drug-likeness (QED) is 0.808. The molecule has 0 bridgehead atoms. The number of ketones is 1. The van der Waals surface area contributed by atoms with Crippen molar-refractivity contribution in [1.29, 1.82) is 0 Å². The summed E-state index contributed by atoms with van der Waals surface area (Å²) in [5, 5.41) is 0.334. The number of nitrogens with zero attached hydrogens (tertiary/aromatic N) is 2. The lowest BCUT2D eigenvalue weighted by molar-refractivity contribution is -0.114. The van der Waals surface area contributed by atoms with E-state index in [4.69, 9.17) is 11.6 Å². The zero-order chi connectivity index (χ0) is 16.6. The molecule has 0 saturated carbocycles. The summed E-state index contributed by atoms with van der Waals surface area (Å²) in [6, 6.07) is 11.3. The maximum Gasteiger partial charge on any atom is 0.300 e. The fourth-order valence-corrected chi connectivity index (χ4v) is 2.86. The Bertz CT molecular complexity index is 774. The molecule has 0 N–H and O–H groups in total. The fraction of sp³-hybridized carbons (Fsp3) is 0.176. The Labute approximate surface area is 138 Å². The molecule has 0 aromatic heterocycles. The van der Waals surface area contributed by atoms with Crippen LogP contribution in [-0.4, -0.2) is 30.3 Å². The number of benzene rings is 2. The number of carbonyl (C=O) groups is 2. The number of Topliss-reactive ketones (excluding diaryl/α,β-unsaturated/α-hetero) is 1. The third-order valence-corrected chi connectivity index (χ3v) is 4.11. The monoisotopic (exact) mass is 332 g/mol. The number of carbonyl (C=O) groups excluding carboxylic acids is 2. The maximum atomic E-state index is 13.9. The molecule has 118 valence electrons. The van der Waals surface area contributed by atoms with Crippen molar-refractivity contribution in [2.24, 2.45) is 0 Å². The van der Waals surface area contributed by atoms with Crippen LogP contribution in [0.25, 0.3) is 0 Å². The van der Waals surface area contributed by atoms with Crippen LogP contribution in [0.2, 0.25) is 5.02 Å². The highest BCUT2D eigenvalue weighted by Gasteiger charge is 2.35. The fourth-order valence-electron chi connectivity index (χ4n) is 2.63. The summed E-state index contributed by atoms with van der Waals surface area (Å²) in [6.07, 6.45) is 0. The van der Waals surface area contributed by atoms with Crippen molar-refractivity contribution in [3.63, 3.8) is 0 Å². The van der Waals surface area contributed by atoms with Crippen molar-refractivity contribution in [3.8, 4) is 0 Å². The lowest BCUT2D eigenvalue weighted by Crippen LogP contribution is -2.39. The van der Waals surface area contributed by atoms with E-state index in [1.807, 2.05) is 0 Å². The highest BCUT2D eigenvalue weighted by atomic mass is 35.5. The summed E-state index contributed by atoms with van der Waals surface area (Å²) in [4.78, 5) is 27.2. The Kier molecular flexibility index (Phi) is 4.15. The van der Waals surface area contributed by atoms with E-state index in [0.29, 0.717) is 21.8 Å². The van der Waals surface area contributed by atoms with Crippen LogP contribution >= 0.6 is 11.6 Å². The Balaban J connectivity index is 1.80. The number of para-hydroxylation sites is 1. The molecule has 0 radical (unpaired) electrons. The van der Waals surface area contributed by atoms with Gasteiger partial charge in [0, 0.05) is 17.1 Å². The molecule has 2 aromatic carbocycles. The summed E-state index contributed by atoms with van der Waals surface area (Å²) >= 11 is 6.02. The molecule has 6 heteroatoms. The second-order valence-electron chi connectivity index (χ2n) is 5.44. The molecule has 1 amide bonds. The van der Waals surface area contributed by atoms with Crippen molar-refractivity contribution in [2.75, 3.05) is 18.6 Å². The third kappa shape index (κ3) is 2.85. The van der Waals surface area contributed by atoms with Gasteiger partial charge in [-0.1, -0.05) is 29.8 Å². The van der Waals surface area contributed by atoms with Crippen LogP contribution in [0.1, 0.15) is 15.9 Å². The van der Waals surface area contributed by atoms with Crippen LogP contribution in [-0.2, 0) is 11.3 Å². The van der Waals surface area contributed by atoms with E-state index >= 15 is 0 Å². The minimum absolute atomic E-state index is 0.173. The van der Waals surface area contributed by atoms with Gasteiger partial charge in [-0.05, 0) is 31.3 Å². The van der Waals surface area contributed by atoms with Gasteiger partial charge in [-0.2, -0.15) is 0 Å². The van der Waals surface area contributed by atoms with Crippen LogP contribution in [0.4, 0.5) is 10.1 Å². The zero-order valence-electron chi connectivity index (χ0n) is 12.4. The first-order valence-electron chi connectivity index (χ1n) is 7.05. The summed E-state index contributed by atoms with van der Waals surface area (Å²) in [5.41, 5.74) is 1.34. The number of anilines is 1. The molecule has 2 aromatic rings. The lowest BCUT2D eigenvalue weighted by Gasteiger charge is -2.24. The van der Waals surface area contributed by atoms with Gasteiger partial charge in [0.05, 0.1) is 17.9 Å². The number of rotatable bonds is 4. The van der Waals surface area contributed by atoms with Gasteiger partial charge in [-0.15, -0.1) is 0 Å². The summed E-state index contributed by atoms with van der Waals surface area (Å²) in [7, 11) is 1.74. The van der Waals surface area contributed by atoms with Gasteiger partial charge in [0.15, 0.2) is 0 Å². The van der Waals surface area contributed by atoms with E-state index in [-0.39, 0.29) is 13.2 Å². The average molecular weight is 333 g/mol. The molecule has 0 aliphatic carbocycles. The van der Waals surface area contributed by atoms with Crippen molar-refractivity contribution in [1.82, 2.24) is 4.90 Å². The molecule has 23 heavy (non-hydrogen) atoms. The summed E-state index contributed by atoms with van der Waals surface area (Å²) in [5.74, 6) is -1.48. The molecule has 3 rings (SSSR count). The molecule has 1 aliphatic rings. The molecule has 0 fully saturated rings. The van der Waals surface area contributed by atoms with E-state index in [0.717, 1.165) is 0 Å². The maximum absolute atomic E-state index is 13.9. The number of halogens is 2. The first-order valence-corrected chi connectivity index (χ1v) is 7.43. The lowest BCUT2D eigenvalue weighted by atomic mass is 10.1. The first-order chi connectivity index (χ1) is 11.0. The topological polar surface area (TPSA) is 40.6 Å². The average Bonchev–Trinajstić information content (AvgIpc) is 2.77. The zero-order valence-corrected chi connectivity index (χ0v) is 13.2. The normalized spacial score (nSPS) is 13.8. The van der Waals surface area contributed by atoms with Crippen LogP contribution in [0.5, 0.6) is 0 Å². The summed E-state index contributed by atoms with van der Waals surface area (Å²) < 4.78 is 13.9. The summed E-state index contributed by atoms with van der Waals surface area (Å²) in [6.45, 7) is 0.401. The van der Waals surface area contributed by atoms with Crippen molar-refractivity contribution in [2.45, 2.75) is 6.54 Å². The molecular formula is C17H14ClFN2O2. The predicted octanol–water partition coefficient (Wildman–Crippen LogP) is 3.10. The predicted molar refractivity (Wildman–Crippen MR) is 86.0 cm³/mol. The Hall–Kier alpha value is -2.24. The molecular weight excluding hydrogens is 319 g/mol. The highest BCUT2D eigenvalue weighted by Crippen LogP contribution is 2.29. The molecule has 0 atom stereocenters. The van der Waals surface area contributed by atoms with Crippen LogP contribution in [0.3, 0.4) is 0 Å². The number of hydrogen-bond acceptors (Lipinski definition) is 3. The Morgan fingerprint density at radius 3 is 2.61 bits per heavy atom. The van der Waals surface area contributed by atoms with E-state index in [9.17, 15) is 14.0 Å². The van der Waals surface area contributed by atoms with Crippen LogP contribution < -0.4 is 4.90 Å². The van der Waals surface area contributed by atoms with Crippen molar-refractivity contribution >= 4 is 29.0 Å². The van der Waals surface area contributed by atoms with E-state index in [1.54, 1.807) is 48.3 Å². The van der Waals surface area contributed by atoms with Crippen molar-refractivity contribution in [3.05, 3.63) is 64.4 Å². The van der Waals surface area contributed by atoms with Gasteiger partial charge in [0.1, 0.15) is 5.82 Å². The number of amides is 1. The Morgan fingerprint density at radius 1 is 1.13 bits per heavy atom. The first kappa shape index (κ1) is 15.6. The van der Waals surface area contributed by atoms with Crippen LogP contribution in [0, 0.1) is 5.82 Å². The molecule has 0 unspecified atom stereocenters. The van der Waals surface area contributed by atoms with Crippen molar-refractivity contribution < 1.29 is 14.0 Å². The molecule has 0 spiro atoms. The van der Waals surface area contributed by atoms with Gasteiger partial charge in [-0.25, -0.2) is 4.39 Å². The van der Waals surface area contributed by atoms with E-state index < -0.39 is 17.5 Å². The molecule has 4 nitrogen and oxygen atoms in total. The molecule has 1 aliphatic heterocycles. The second kappa shape index (κ2) is 6.10. The molecule has 1 heterocycles. The molecule has 0 saturated heterocycles. The van der Waals surface area contributed by atoms with Gasteiger partial charge in [0.2, 0.25) is 0 Å². The van der Waals surface area contributed by atoms with Gasteiger partial charge >= 0.3 is 5.91 Å². The standard InChI is InChI=1S/C17H14ClFN2O2/c1-20(9-12-13(18)6-4-7-14(12)19)10-21-15-8-3-2-5-11(15)16(22)17(21)23/h2-8H,9-10H2,1H3. The number of hydrogen-bond donors (Lipinski definition) is 0. The van der Waals surface area contributed by atoms with Gasteiger partial charge < -0.3 is 0 Å². The second-order valence-corrected chi connectivity index (χ2v) is 5.84. The highest BCUT2D eigenvalue weighted by molar-refractivity contribution is 6.52. The van der Waals surface area contributed by atoms with Gasteiger partial charge in [0.25, 0.3) is 5.78 Å². The number of fused-ring (bicyclic) bond motifs is 1. The minimum atomic E-state index is -0.572. The van der Waals surface area contributed by atoms with Gasteiger partial charge in [-0.3, -0.25) is 19.4 Å². The van der Waals surface area contributed by atoms with Crippen LogP contribution in [0.15, 0.2) is 42.5 Å². The third-order valence-electron chi connectivity index (χ3n) is 3.75. The Morgan fingerprint density at radius 2 is 1.87 bits per heavy atom. The SMILES string of the molecule is CN(Cc1c(F)cccc1Cl)CN1C(=O)C(=O)c2ccccc21. The van der Waals surface area contributed by atoms with E-state index in [1.165, 1.54) is 11.0 Å². The largest absolute Gasteiger partial charge is 0.300 e.